The number of hydrogen-bond acceptors (Lipinski definition) is 10. The van der Waals surface area contributed by atoms with E-state index in [4.69, 9.17) is 10.5 Å². The van der Waals surface area contributed by atoms with Crippen LogP contribution in [0, 0.1) is 5.82 Å². The van der Waals surface area contributed by atoms with Gasteiger partial charge in [0.05, 0.1) is 35.9 Å². The molecule has 2 fully saturated rings. The van der Waals surface area contributed by atoms with Crippen LogP contribution in [0.25, 0.3) is 11.4 Å². The Labute approximate surface area is 261 Å². The van der Waals surface area contributed by atoms with E-state index < -0.39 is 21.7 Å². The Kier molecular flexibility index (Phi) is 8.48. The maximum absolute atomic E-state index is 14.4. The molecule has 0 spiro atoms. The van der Waals surface area contributed by atoms with Gasteiger partial charge in [0.1, 0.15) is 23.2 Å². The summed E-state index contributed by atoms with van der Waals surface area (Å²) in [7, 11) is -1.54. The number of benzene rings is 2. The molecule has 4 aliphatic rings. The van der Waals surface area contributed by atoms with E-state index >= 15 is 0 Å². The minimum atomic E-state index is -3.14. The Hall–Kier alpha value is -4.47. The van der Waals surface area contributed by atoms with Crippen molar-refractivity contribution in [2.75, 3.05) is 68.2 Å². The summed E-state index contributed by atoms with van der Waals surface area (Å²) in [5.74, 6) is 0.231. The molecule has 45 heavy (non-hydrogen) atoms. The zero-order chi connectivity index (χ0) is 31.7. The number of nitrogens with zero attached hydrogens (tertiary/aromatic N) is 5. The molecule has 6 rings (SSSR count). The van der Waals surface area contributed by atoms with E-state index in [0.717, 1.165) is 44.7 Å². The van der Waals surface area contributed by atoms with Gasteiger partial charge in [-0.25, -0.2) is 17.8 Å². The van der Waals surface area contributed by atoms with Gasteiger partial charge < -0.3 is 31.0 Å². The van der Waals surface area contributed by atoms with Crippen LogP contribution in [0.15, 0.2) is 48.7 Å². The van der Waals surface area contributed by atoms with Crippen molar-refractivity contribution >= 4 is 44.8 Å². The highest BCUT2D eigenvalue weighted by atomic mass is 32.2. The summed E-state index contributed by atoms with van der Waals surface area (Å²) in [5.41, 5.74) is 7.72. The van der Waals surface area contributed by atoms with E-state index in [1.165, 1.54) is 18.4 Å². The largest absolute Gasteiger partial charge is 0.494 e. The van der Waals surface area contributed by atoms with Crippen LogP contribution in [0.5, 0.6) is 5.75 Å². The predicted molar refractivity (Wildman–Crippen MR) is 171 cm³/mol. The molecule has 0 aromatic heterocycles. The van der Waals surface area contributed by atoms with Crippen molar-refractivity contribution in [3.8, 4) is 17.1 Å². The fourth-order valence-corrected chi connectivity index (χ4v) is 6.92. The molecule has 1 amide bonds. The summed E-state index contributed by atoms with van der Waals surface area (Å²) in [6, 6.07) is 12.3. The van der Waals surface area contributed by atoms with Crippen molar-refractivity contribution in [2.45, 2.75) is 18.9 Å². The molecule has 0 atom stereocenters. The second-order valence-electron chi connectivity index (χ2n) is 11.2. The second-order valence-corrected chi connectivity index (χ2v) is 13.2. The number of sulfonamides is 1. The molecular formula is C30H36FN9O4S. The van der Waals surface area contributed by atoms with Gasteiger partial charge in [-0.3, -0.25) is 9.69 Å². The van der Waals surface area contributed by atoms with Gasteiger partial charge in [0.25, 0.3) is 5.91 Å². The zero-order valence-corrected chi connectivity index (χ0v) is 25.9. The van der Waals surface area contributed by atoms with E-state index in [2.05, 4.69) is 35.4 Å². The standard InChI is InChI=1S/C30H36FN9O4S/c1-44-25-18-20(38-12-9-19(10-13-38)39-14-16-40(17-15-39)45(2,42)43)6-7-23(25)35-30-36-28-21(8-11-33-28)29(37-30)34-24-5-3-4-22(31)26(24)27(32)41/h3-8,11,18-19H,9-10,12-17H2,1-2H3,(H2,32,41)(H3,33,34,35,36,37). The molecule has 15 heteroatoms. The van der Waals surface area contributed by atoms with Gasteiger partial charge in [-0.05, 0) is 43.2 Å². The molecule has 2 aromatic rings. The van der Waals surface area contributed by atoms with E-state index in [-0.39, 0.29) is 11.3 Å². The van der Waals surface area contributed by atoms with Crippen molar-refractivity contribution in [1.29, 1.82) is 0 Å². The highest BCUT2D eigenvalue weighted by molar-refractivity contribution is 7.88. The lowest BCUT2D eigenvalue weighted by Gasteiger charge is -2.42. The van der Waals surface area contributed by atoms with Gasteiger partial charge in [-0.15, -0.1) is 0 Å². The van der Waals surface area contributed by atoms with Crippen LogP contribution in [-0.4, -0.2) is 97.2 Å². The lowest BCUT2D eigenvalue weighted by Crippen LogP contribution is -2.54. The van der Waals surface area contributed by atoms with E-state index in [9.17, 15) is 17.6 Å². The number of carbonyl (C=O) groups excluding carboxylic acids is 1. The first-order chi connectivity index (χ1) is 21.6. The second kappa shape index (κ2) is 12.5. The summed E-state index contributed by atoms with van der Waals surface area (Å²) >= 11 is 0. The molecule has 0 radical (unpaired) electrons. The summed E-state index contributed by atoms with van der Waals surface area (Å²) in [4.78, 5) is 28.9. The van der Waals surface area contributed by atoms with Gasteiger partial charge in [-0.2, -0.15) is 9.29 Å². The van der Waals surface area contributed by atoms with Gasteiger partial charge in [0, 0.05) is 63.3 Å². The molecule has 238 valence electrons. The molecule has 4 heterocycles. The SMILES string of the molecule is COc1cc(N2CCC(N3CCN(S(C)(=O)=O)CC3)CC2)ccc1Nc1nc(Nc2cccc(F)c2C(N)=O)c2ccnc-2[nH]1. The topological polar surface area (TPSA) is 162 Å². The first kappa shape index (κ1) is 30.6. The minimum Gasteiger partial charge on any atom is -0.494 e. The first-order valence-corrected chi connectivity index (χ1v) is 16.5. The van der Waals surface area contributed by atoms with Crippen molar-refractivity contribution in [2.24, 2.45) is 5.73 Å². The molecule has 0 unspecified atom stereocenters. The number of fused-ring (bicyclic) bond motifs is 1. The van der Waals surface area contributed by atoms with Crippen LogP contribution in [-0.2, 0) is 10.0 Å². The monoisotopic (exact) mass is 637 g/mol. The summed E-state index contributed by atoms with van der Waals surface area (Å²) in [6.07, 6.45) is 4.87. The summed E-state index contributed by atoms with van der Waals surface area (Å²) in [6.45, 7) is 4.36. The van der Waals surface area contributed by atoms with Crippen LogP contribution in [0.4, 0.5) is 33.2 Å². The van der Waals surface area contributed by atoms with E-state index in [1.807, 2.05) is 18.2 Å². The van der Waals surface area contributed by atoms with Gasteiger partial charge >= 0.3 is 0 Å². The number of amides is 1. The quantitative estimate of drug-likeness (QED) is 0.215. The number of piperidine rings is 1. The van der Waals surface area contributed by atoms with Crippen LogP contribution in [0.1, 0.15) is 23.2 Å². The molecule has 2 saturated heterocycles. The van der Waals surface area contributed by atoms with Crippen LogP contribution >= 0.6 is 0 Å². The Bertz CT molecular complexity index is 1770. The highest BCUT2D eigenvalue weighted by Crippen LogP contribution is 2.36. The third-order valence-corrected chi connectivity index (χ3v) is 9.76. The number of halogens is 1. The molecule has 5 N–H and O–H groups in total. The Balaban J connectivity index is 1.15. The third-order valence-electron chi connectivity index (χ3n) is 8.46. The maximum atomic E-state index is 14.4. The number of rotatable bonds is 9. The first-order valence-electron chi connectivity index (χ1n) is 14.7. The molecular weight excluding hydrogens is 601 g/mol. The van der Waals surface area contributed by atoms with Gasteiger partial charge in [0.15, 0.2) is 0 Å². The van der Waals surface area contributed by atoms with Crippen LogP contribution in [0.3, 0.4) is 0 Å². The van der Waals surface area contributed by atoms with E-state index in [0.29, 0.717) is 53.7 Å². The number of primary amides is 1. The molecule has 0 saturated carbocycles. The minimum absolute atomic E-state index is 0.191. The number of anilines is 5. The van der Waals surface area contributed by atoms with E-state index in [1.54, 1.807) is 29.7 Å². The number of H-pyrrole nitrogens is 1. The maximum Gasteiger partial charge on any atom is 0.253 e. The molecule has 0 aliphatic carbocycles. The molecule has 13 nitrogen and oxygen atoms in total. The molecule has 2 aromatic carbocycles. The normalized spacial score (nSPS) is 17.0. The summed E-state index contributed by atoms with van der Waals surface area (Å²) in [5, 5.41) is 6.31. The average molecular weight is 638 g/mol. The Morgan fingerprint density at radius 2 is 1.80 bits per heavy atom. The van der Waals surface area contributed by atoms with Crippen LogP contribution < -0.4 is 26.0 Å². The fraction of sp³-hybridized carbons (Fsp3) is 0.367. The molecule has 0 bridgehead atoms. The number of hydrogen-bond donors (Lipinski definition) is 4. The highest BCUT2D eigenvalue weighted by Gasteiger charge is 2.30. The van der Waals surface area contributed by atoms with Gasteiger partial charge in [-0.1, -0.05) is 6.07 Å². The number of carbonyl (C=O) groups is 1. The number of ether oxygens (including phenoxy) is 1. The smallest absolute Gasteiger partial charge is 0.253 e. The van der Waals surface area contributed by atoms with Crippen molar-refractivity contribution in [3.63, 3.8) is 0 Å². The number of aromatic amines is 1. The number of piperazine rings is 1. The summed E-state index contributed by atoms with van der Waals surface area (Å²) < 4.78 is 45.4. The lowest BCUT2D eigenvalue weighted by molar-refractivity contribution is 0.0997. The van der Waals surface area contributed by atoms with Crippen molar-refractivity contribution in [3.05, 3.63) is 60.0 Å². The fourth-order valence-electron chi connectivity index (χ4n) is 6.10. The average Bonchev–Trinajstić information content (AvgIpc) is 3.50. The third kappa shape index (κ3) is 6.50. The van der Waals surface area contributed by atoms with Crippen molar-refractivity contribution in [1.82, 2.24) is 24.2 Å². The van der Waals surface area contributed by atoms with Crippen molar-refractivity contribution < 1.29 is 22.3 Å². The lowest BCUT2D eigenvalue weighted by atomic mass is 10.0. The van der Waals surface area contributed by atoms with Gasteiger partial charge in [0.2, 0.25) is 16.0 Å². The predicted octanol–water partition coefficient (Wildman–Crippen LogP) is 3.19. The molecule has 4 aliphatic heterocycles. The number of nitrogens with one attached hydrogen (secondary N) is 3. The Morgan fingerprint density at radius 3 is 2.49 bits per heavy atom. The zero-order valence-electron chi connectivity index (χ0n) is 25.1. The van der Waals surface area contributed by atoms with Crippen LogP contribution in [0.2, 0.25) is 0 Å². The number of aromatic nitrogens is 3. The Morgan fingerprint density at radius 1 is 1.04 bits per heavy atom. The number of nitrogens with two attached hydrogens (primary N) is 1. The number of methoxy groups -OCH3 is 1.